The highest BCUT2D eigenvalue weighted by molar-refractivity contribution is 9.10. The molecule has 0 unspecified atom stereocenters. The molecule has 0 aliphatic carbocycles. The average Bonchev–Trinajstić information content (AvgIpc) is 2.54. The van der Waals surface area contributed by atoms with Crippen molar-refractivity contribution in [2.24, 2.45) is 4.99 Å². The summed E-state index contributed by atoms with van der Waals surface area (Å²) in [5, 5.41) is 3.48. The Hall–Kier alpha value is -1.61. The molecule has 24 heavy (non-hydrogen) atoms. The molecule has 2 aromatic rings. The number of hydrogen-bond acceptors (Lipinski definition) is 2. The van der Waals surface area contributed by atoms with Crippen LogP contribution in [0.5, 0.6) is 0 Å². The van der Waals surface area contributed by atoms with Crippen LogP contribution in [0.1, 0.15) is 51.7 Å². The quantitative estimate of drug-likeness (QED) is 0.432. The number of halogens is 1. The van der Waals surface area contributed by atoms with E-state index in [4.69, 9.17) is 4.99 Å². The fourth-order valence-corrected chi connectivity index (χ4v) is 2.87. The van der Waals surface area contributed by atoms with Gasteiger partial charge in [-0.1, -0.05) is 64.4 Å². The summed E-state index contributed by atoms with van der Waals surface area (Å²) in [4.78, 5) is 4.71. The molecule has 0 fully saturated rings. The van der Waals surface area contributed by atoms with E-state index in [1.165, 1.54) is 12.0 Å². The molecule has 0 aromatic heterocycles. The molecular formula is C21H27BrN2. The van der Waals surface area contributed by atoms with Gasteiger partial charge in [0.15, 0.2) is 0 Å². The maximum Gasteiger partial charge on any atom is 0.100 e. The fourth-order valence-electron chi connectivity index (χ4n) is 2.40. The SMILES string of the molecule is CCCCNc1cccc(Br)c1N=Cc1ccc(C(C)(C)C)cc1. The lowest BCUT2D eigenvalue weighted by Crippen LogP contribution is -2.10. The number of nitrogens with one attached hydrogen (secondary N) is 1. The van der Waals surface area contributed by atoms with E-state index in [9.17, 15) is 0 Å². The zero-order valence-electron chi connectivity index (χ0n) is 15.1. The number of para-hydroxylation sites is 1. The fraction of sp³-hybridized carbons (Fsp3) is 0.381. The number of anilines is 1. The third kappa shape index (κ3) is 5.20. The third-order valence-corrected chi connectivity index (χ3v) is 4.59. The van der Waals surface area contributed by atoms with Gasteiger partial charge >= 0.3 is 0 Å². The van der Waals surface area contributed by atoms with E-state index >= 15 is 0 Å². The zero-order valence-corrected chi connectivity index (χ0v) is 16.7. The molecule has 0 heterocycles. The van der Waals surface area contributed by atoms with E-state index in [1.54, 1.807) is 0 Å². The highest BCUT2D eigenvalue weighted by atomic mass is 79.9. The molecule has 0 spiro atoms. The smallest absolute Gasteiger partial charge is 0.100 e. The van der Waals surface area contributed by atoms with Gasteiger partial charge in [0.05, 0.1) is 5.69 Å². The second kappa shape index (κ2) is 8.48. The number of aliphatic imine (C=N–C) groups is 1. The Labute approximate surface area is 154 Å². The molecule has 0 amide bonds. The zero-order chi connectivity index (χ0) is 17.6. The van der Waals surface area contributed by atoms with Crippen LogP contribution < -0.4 is 5.32 Å². The first kappa shape index (κ1) is 18.7. The van der Waals surface area contributed by atoms with Crippen LogP contribution in [0.25, 0.3) is 0 Å². The monoisotopic (exact) mass is 386 g/mol. The first-order valence-electron chi connectivity index (χ1n) is 8.59. The van der Waals surface area contributed by atoms with E-state index < -0.39 is 0 Å². The molecule has 0 bridgehead atoms. The summed E-state index contributed by atoms with van der Waals surface area (Å²) >= 11 is 3.61. The minimum atomic E-state index is 0.175. The maximum atomic E-state index is 4.71. The Morgan fingerprint density at radius 3 is 2.42 bits per heavy atom. The van der Waals surface area contributed by atoms with Crippen LogP contribution in [0, 0.1) is 0 Å². The predicted octanol–water partition coefficient (Wildman–Crippen LogP) is 6.71. The molecule has 0 atom stereocenters. The van der Waals surface area contributed by atoms with Gasteiger partial charge in [0.2, 0.25) is 0 Å². The Morgan fingerprint density at radius 2 is 1.79 bits per heavy atom. The van der Waals surface area contributed by atoms with Crippen molar-refractivity contribution in [3.8, 4) is 0 Å². The van der Waals surface area contributed by atoms with E-state index in [2.05, 4.69) is 79.3 Å². The molecule has 2 aromatic carbocycles. The first-order valence-corrected chi connectivity index (χ1v) is 9.38. The van der Waals surface area contributed by atoms with Crippen molar-refractivity contribution in [3.05, 3.63) is 58.1 Å². The van der Waals surface area contributed by atoms with Gasteiger partial charge in [0.1, 0.15) is 5.69 Å². The molecule has 0 saturated heterocycles. The van der Waals surface area contributed by atoms with Gasteiger partial charge in [-0.3, -0.25) is 4.99 Å². The largest absolute Gasteiger partial charge is 0.383 e. The molecule has 0 aliphatic heterocycles. The van der Waals surface area contributed by atoms with Crippen molar-refractivity contribution in [3.63, 3.8) is 0 Å². The summed E-state index contributed by atoms with van der Waals surface area (Å²) in [7, 11) is 0. The Morgan fingerprint density at radius 1 is 1.08 bits per heavy atom. The van der Waals surface area contributed by atoms with E-state index in [-0.39, 0.29) is 5.41 Å². The van der Waals surface area contributed by atoms with Crippen LogP contribution in [-0.2, 0) is 5.41 Å². The average molecular weight is 387 g/mol. The number of hydrogen-bond donors (Lipinski definition) is 1. The van der Waals surface area contributed by atoms with Gasteiger partial charge in [-0.2, -0.15) is 0 Å². The van der Waals surface area contributed by atoms with Crippen LogP contribution >= 0.6 is 15.9 Å². The molecule has 3 heteroatoms. The molecular weight excluding hydrogens is 360 g/mol. The standard InChI is InChI=1S/C21H27BrN2/c1-5-6-14-23-19-9-7-8-18(22)20(19)24-15-16-10-12-17(13-11-16)21(2,3)4/h7-13,15,23H,5-6,14H2,1-4H3. The van der Waals surface area contributed by atoms with E-state index in [0.717, 1.165) is 34.4 Å². The molecule has 0 saturated carbocycles. The summed E-state index contributed by atoms with van der Waals surface area (Å²) < 4.78 is 1.01. The molecule has 2 rings (SSSR count). The van der Waals surface area contributed by atoms with E-state index in [1.807, 2.05) is 18.3 Å². The highest BCUT2D eigenvalue weighted by Gasteiger charge is 2.12. The lowest BCUT2D eigenvalue weighted by atomic mass is 9.87. The van der Waals surface area contributed by atoms with Crippen molar-refractivity contribution in [2.75, 3.05) is 11.9 Å². The van der Waals surface area contributed by atoms with Gasteiger partial charge in [-0.05, 0) is 51.0 Å². The first-order chi connectivity index (χ1) is 11.4. The Kier molecular flexibility index (Phi) is 6.61. The van der Waals surface area contributed by atoms with Gasteiger partial charge in [0.25, 0.3) is 0 Å². The summed E-state index contributed by atoms with van der Waals surface area (Å²) in [5.74, 6) is 0. The van der Waals surface area contributed by atoms with Crippen molar-refractivity contribution in [1.29, 1.82) is 0 Å². The molecule has 1 N–H and O–H groups in total. The third-order valence-electron chi connectivity index (χ3n) is 3.95. The summed E-state index contributed by atoms with van der Waals surface area (Å²) in [6.45, 7) is 9.85. The normalized spacial score (nSPS) is 11.9. The lowest BCUT2D eigenvalue weighted by molar-refractivity contribution is 0.590. The van der Waals surface area contributed by atoms with Gasteiger partial charge in [-0.15, -0.1) is 0 Å². The van der Waals surface area contributed by atoms with Crippen LogP contribution in [0.3, 0.4) is 0 Å². The van der Waals surface area contributed by atoms with Crippen LogP contribution in [-0.4, -0.2) is 12.8 Å². The number of rotatable bonds is 6. The van der Waals surface area contributed by atoms with Crippen LogP contribution in [0.15, 0.2) is 51.9 Å². The van der Waals surface area contributed by atoms with Gasteiger partial charge in [0, 0.05) is 17.2 Å². The van der Waals surface area contributed by atoms with Crippen molar-refractivity contribution < 1.29 is 0 Å². The maximum absolute atomic E-state index is 4.71. The Bertz CT molecular complexity index is 682. The second-order valence-electron chi connectivity index (χ2n) is 7.05. The summed E-state index contributed by atoms with van der Waals surface area (Å²) in [6.07, 6.45) is 4.27. The lowest BCUT2D eigenvalue weighted by Gasteiger charge is -2.18. The number of nitrogens with zero attached hydrogens (tertiary/aromatic N) is 1. The van der Waals surface area contributed by atoms with Crippen molar-refractivity contribution in [1.82, 2.24) is 0 Å². The van der Waals surface area contributed by atoms with Gasteiger partial charge < -0.3 is 5.32 Å². The van der Waals surface area contributed by atoms with Crippen LogP contribution in [0.2, 0.25) is 0 Å². The van der Waals surface area contributed by atoms with E-state index in [0.29, 0.717) is 0 Å². The highest BCUT2D eigenvalue weighted by Crippen LogP contribution is 2.33. The minimum absolute atomic E-state index is 0.175. The van der Waals surface area contributed by atoms with Crippen molar-refractivity contribution in [2.45, 2.75) is 46.0 Å². The molecule has 0 radical (unpaired) electrons. The number of unbranched alkanes of at least 4 members (excludes halogenated alkanes) is 1. The molecule has 128 valence electrons. The topological polar surface area (TPSA) is 24.4 Å². The van der Waals surface area contributed by atoms with Gasteiger partial charge in [-0.25, -0.2) is 0 Å². The molecule has 0 aliphatic rings. The summed E-state index contributed by atoms with van der Waals surface area (Å²) in [5.41, 5.74) is 4.64. The number of benzene rings is 2. The van der Waals surface area contributed by atoms with Crippen molar-refractivity contribution >= 4 is 33.5 Å². The summed E-state index contributed by atoms with van der Waals surface area (Å²) in [6, 6.07) is 14.8. The second-order valence-corrected chi connectivity index (χ2v) is 7.90. The van der Waals surface area contributed by atoms with Crippen LogP contribution in [0.4, 0.5) is 11.4 Å². The minimum Gasteiger partial charge on any atom is -0.383 e. The predicted molar refractivity (Wildman–Crippen MR) is 110 cm³/mol. The Balaban J connectivity index is 2.19. The molecule has 2 nitrogen and oxygen atoms in total.